The first-order valence-corrected chi connectivity index (χ1v) is 5.37. The Labute approximate surface area is 99.2 Å². The molecule has 7 nitrogen and oxygen atoms in total. The van der Waals surface area contributed by atoms with Crippen molar-refractivity contribution in [2.45, 2.75) is 26.8 Å². The van der Waals surface area contributed by atoms with Gasteiger partial charge in [-0.15, -0.1) is 5.10 Å². The van der Waals surface area contributed by atoms with Gasteiger partial charge < -0.3 is 10.5 Å². The highest BCUT2D eigenvalue weighted by atomic mass is 16.5. The second kappa shape index (κ2) is 4.08. The number of hydrogen-bond donors (Lipinski definition) is 1. The molecular formula is C10H16N6O. The van der Waals surface area contributed by atoms with Gasteiger partial charge in [0.2, 0.25) is 5.88 Å². The number of aryl methyl sites for hydroxylation is 2. The molecule has 7 heteroatoms. The topological polar surface area (TPSA) is 83.8 Å². The quantitative estimate of drug-likeness (QED) is 0.867. The van der Waals surface area contributed by atoms with E-state index in [1.807, 2.05) is 20.8 Å². The van der Waals surface area contributed by atoms with Crippen LogP contribution in [0.5, 0.6) is 11.9 Å². The Morgan fingerprint density at radius 2 is 2.06 bits per heavy atom. The molecule has 0 spiro atoms. The number of ether oxygens (including phenoxy) is 1. The lowest BCUT2D eigenvalue weighted by Crippen LogP contribution is -2.06. The molecule has 0 bridgehead atoms. The lowest BCUT2D eigenvalue weighted by Gasteiger charge is -2.09. The van der Waals surface area contributed by atoms with E-state index in [-0.39, 0.29) is 12.1 Å². The summed E-state index contributed by atoms with van der Waals surface area (Å²) in [6, 6.07) is 0.422. The molecule has 0 amide bonds. The summed E-state index contributed by atoms with van der Waals surface area (Å²) in [7, 11) is 1.77. The number of rotatable bonds is 3. The first-order valence-electron chi connectivity index (χ1n) is 5.37. The fraction of sp³-hybridized carbons (Fsp3) is 0.500. The molecule has 0 atom stereocenters. The van der Waals surface area contributed by atoms with Crippen LogP contribution in [0.3, 0.4) is 0 Å². The third kappa shape index (κ3) is 2.08. The Morgan fingerprint density at radius 3 is 2.59 bits per heavy atom. The fourth-order valence-corrected chi connectivity index (χ4v) is 1.44. The summed E-state index contributed by atoms with van der Waals surface area (Å²) in [5.41, 5.74) is 7.19. The van der Waals surface area contributed by atoms with Gasteiger partial charge in [-0.25, -0.2) is 4.68 Å². The van der Waals surface area contributed by atoms with Crippen molar-refractivity contribution in [3.05, 3.63) is 12.0 Å². The zero-order chi connectivity index (χ0) is 12.6. The van der Waals surface area contributed by atoms with Gasteiger partial charge in [0, 0.05) is 7.05 Å². The molecular weight excluding hydrogens is 220 g/mol. The molecule has 0 saturated heterocycles. The average molecular weight is 236 g/mol. The molecule has 0 radical (unpaired) electrons. The predicted octanol–water partition coefficient (Wildman–Crippen LogP) is 1.28. The van der Waals surface area contributed by atoms with Crippen LogP contribution in [-0.4, -0.2) is 24.5 Å². The van der Waals surface area contributed by atoms with Crippen LogP contribution in [0.25, 0.3) is 0 Å². The molecule has 0 fully saturated rings. The zero-order valence-electron chi connectivity index (χ0n) is 10.4. The molecule has 2 rings (SSSR count). The van der Waals surface area contributed by atoms with E-state index in [0.29, 0.717) is 11.6 Å². The highest BCUT2D eigenvalue weighted by Gasteiger charge is 2.18. The Hall–Kier alpha value is -2.05. The van der Waals surface area contributed by atoms with Crippen LogP contribution in [-0.2, 0) is 7.05 Å². The molecule has 2 aromatic heterocycles. The van der Waals surface area contributed by atoms with E-state index in [9.17, 15) is 0 Å². The minimum Gasteiger partial charge on any atom is -0.402 e. The second-order valence-electron chi connectivity index (χ2n) is 4.15. The fourth-order valence-electron chi connectivity index (χ4n) is 1.44. The van der Waals surface area contributed by atoms with Gasteiger partial charge in [0.15, 0.2) is 0 Å². The van der Waals surface area contributed by atoms with E-state index in [4.69, 9.17) is 10.5 Å². The van der Waals surface area contributed by atoms with E-state index in [1.165, 1.54) is 0 Å². The van der Waals surface area contributed by atoms with Crippen molar-refractivity contribution in [3.8, 4) is 11.9 Å². The lowest BCUT2D eigenvalue weighted by atomic mass is 10.4. The summed E-state index contributed by atoms with van der Waals surface area (Å²) in [4.78, 5) is 3.99. The average Bonchev–Trinajstić information content (AvgIpc) is 2.77. The van der Waals surface area contributed by atoms with Crippen molar-refractivity contribution in [1.29, 1.82) is 0 Å². The Morgan fingerprint density at radius 1 is 1.35 bits per heavy atom. The molecule has 0 aliphatic carbocycles. The number of nitrogens with zero attached hydrogens (tertiary/aromatic N) is 5. The van der Waals surface area contributed by atoms with Crippen molar-refractivity contribution in [1.82, 2.24) is 24.5 Å². The Balaban J connectivity index is 2.37. The lowest BCUT2D eigenvalue weighted by molar-refractivity contribution is 0.367. The van der Waals surface area contributed by atoms with Crippen LogP contribution in [0.15, 0.2) is 6.33 Å². The zero-order valence-corrected chi connectivity index (χ0v) is 10.4. The number of hydrogen-bond acceptors (Lipinski definition) is 5. The maximum atomic E-state index is 5.93. The van der Waals surface area contributed by atoms with Crippen molar-refractivity contribution < 1.29 is 4.74 Å². The van der Waals surface area contributed by atoms with E-state index in [1.54, 1.807) is 22.7 Å². The Bertz CT molecular complexity index is 527. The molecule has 2 aromatic rings. The molecule has 2 N–H and O–H groups in total. The maximum absolute atomic E-state index is 5.93. The van der Waals surface area contributed by atoms with Gasteiger partial charge in [0.25, 0.3) is 0 Å². The van der Waals surface area contributed by atoms with Crippen LogP contribution >= 0.6 is 0 Å². The van der Waals surface area contributed by atoms with Gasteiger partial charge in [0.1, 0.15) is 12.0 Å². The third-order valence-corrected chi connectivity index (χ3v) is 2.34. The molecule has 92 valence electrons. The second-order valence-corrected chi connectivity index (χ2v) is 4.15. The van der Waals surface area contributed by atoms with Crippen LogP contribution in [0, 0.1) is 6.92 Å². The number of nitrogens with two attached hydrogens (primary N) is 1. The SMILES string of the molecule is Cc1nn(C(C)C)c(Oc2ncn(C)n2)c1N. The van der Waals surface area contributed by atoms with E-state index in [2.05, 4.69) is 15.2 Å². The van der Waals surface area contributed by atoms with Crippen molar-refractivity contribution in [2.75, 3.05) is 5.73 Å². The van der Waals surface area contributed by atoms with E-state index < -0.39 is 0 Å². The van der Waals surface area contributed by atoms with Gasteiger partial charge in [-0.05, 0) is 20.8 Å². The Kier molecular flexibility index (Phi) is 2.74. The highest BCUT2D eigenvalue weighted by molar-refractivity contribution is 5.53. The highest BCUT2D eigenvalue weighted by Crippen LogP contribution is 2.30. The standard InChI is InChI=1S/C10H16N6O/c1-6(2)16-9(8(11)7(3)13-16)17-10-12-5-15(4)14-10/h5-6H,11H2,1-4H3. The van der Waals surface area contributed by atoms with Crippen LogP contribution in [0.1, 0.15) is 25.6 Å². The largest absolute Gasteiger partial charge is 0.402 e. The third-order valence-electron chi connectivity index (χ3n) is 2.34. The molecule has 2 heterocycles. The number of aromatic nitrogens is 5. The van der Waals surface area contributed by atoms with Crippen LogP contribution in [0.4, 0.5) is 5.69 Å². The summed E-state index contributed by atoms with van der Waals surface area (Å²) in [6.45, 7) is 5.85. The molecule has 17 heavy (non-hydrogen) atoms. The first-order chi connectivity index (χ1) is 7.99. The molecule has 0 aliphatic rings. The molecule has 0 aromatic carbocycles. The first kappa shape index (κ1) is 11.4. The summed E-state index contributed by atoms with van der Waals surface area (Å²) in [5, 5.41) is 8.36. The number of anilines is 1. The van der Waals surface area contributed by atoms with Gasteiger partial charge in [-0.1, -0.05) is 0 Å². The van der Waals surface area contributed by atoms with Crippen molar-refractivity contribution in [3.63, 3.8) is 0 Å². The summed E-state index contributed by atoms with van der Waals surface area (Å²) >= 11 is 0. The van der Waals surface area contributed by atoms with Gasteiger partial charge in [-0.3, -0.25) is 4.68 Å². The van der Waals surface area contributed by atoms with Crippen molar-refractivity contribution >= 4 is 5.69 Å². The van der Waals surface area contributed by atoms with E-state index >= 15 is 0 Å². The maximum Gasteiger partial charge on any atom is 0.342 e. The monoisotopic (exact) mass is 236 g/mol. The van der Waals surface area contributed by atoms with Gasteiger partial charge in [0.05, 0.1) is 11.7 Å². The summed E-state index contributed by atoms with van der Waals surface area (Å²) < 4.78 is 8.86. The van der Waals surface area contributed by atoms with E-state index in [0.717, 1.165) is 5.69 Å². The molecule has 0 unspecified atom stereocenters. The number of nitrogen functional groups attached to an aromatic ring is 1. The summed E-state index contributed by atoms with van der Waals surface area (Å²) in [5.74, 6) is 0.490. The minimum absolute atomic E-state index is 0.157. The van der Waals surface area contributed by atoms with Crippen molar-refractivity contribution in [2.24, 2.45) is 7.05 Å². The predicted molar refractivity (Wildman–Crippen MR) is 62.8 cm³/mol. The van der Waals surface area contributed by atoms with Crippen LogP contribution in [0.2, 0.25) is 0 Å². The minimum atomic E-state index is 0.157. The molecule has 0 aliphatic heterocycles. The van der Waals surface area contributed by atoms with Gasteiger partial charge >= 0.3 is 6.01 Å². The smallest absolute Gasteiger partial charge is 0.342 e. The summed E-state index contributed by atoms with van der Waals surface area (Å²) in [6.07, 6.45) is 1.56. The molecule has 0 saturated carbocycles. The van der Waals surface area contributed by atoms with Gasteiger partial charge in [-0.2, -0.15) is 10.1 Å². The van der Waals surface area contributed by atoms with Crippen LogP contribution < -0.4 is 10.5 Å². The normalized spacial score (nSPS) is 11.1.